The van der Waals surface area contributed by atoms with E-state index in [9.17, 15) is 18.3 Å². The molecule has 3 N–H and O–H groups in total. The molecule has 1 fully saturated rings. The predicted octanol–water partition coefficient (Wildman–Crippen LogP) is 2.37. The Morgan fingerprint density at radius 1 is 1.12 bits per heavy atom. The summed E-state index contributed by atoms with van der Waals surface area (Å²) in [5.41, 5.74) is 5.76. The summed E-state index contributed by atoms with van der Waals surface area (Å²) in [5.74, 6) is -2.12. The van der Waals surface area contributed by atoms with Crippen LogP contribution in [-0.2, 0) is 14.6 Å². The van der Waals surface area contributed by atoms with E-state index in [1.54, 1.807) is 12.1 Å². The van der Waals surface area contributed by atoms with Gasteiger partial charge in [-0.2, -0.15) is 0 Å². The van der Waals surface area contributed by atoms with Crippen molar-refractivity contribution in [3.8, 4) is 0 Å². The molecule has 3 atom stereocenters. The number of benzene rings is 2. The summed E-state index contributed by atoms with van der Waals surface area (Å²) in [6.45, 7) is 1.89. The van der Waals surface area contributed by atoms with E-state index in [-0.39, 0.29) is 4.90 Å². The largest absolute Gasteiger partial charge is 0.480 e. The van der Waals surface area contributed by atoms with Crippen LogP contribution in [-0.4, -0.2) is 30.3 Å². The van der Waals surface area contributed by atoms with Crippen LogP contribution < -0.4 is 5.73 Å². The topological polar surface area (TPSA) is 97.5 Å². The van der Waals surface area contributed by atoms with Crippen LogP contribution in [0.5, 0.6) is 0 Å². The number of carboxylic acid groups (broad SMARTS) is 1. The monoisotopic (exact) mass is 365 g/mol. The lowest BCUT2D eigenvalue weighted by Crippen LogP contribution is -2.39. The van der Waals surface area contributed by atoms with Crippen molar-refractivity contribution >= 4 is 27.4 Å². The van der Waals surface area contributed by atoms with Gasteiger partial charge in [-0.15, -0.1) is 0 Å². The van der Waals surface area contributed by atoms with Gasteiger partial charge in [0.1, 0.15) is 10.8 Å². The van der Waals surface area contributed by atoms with Gasteiger partial charge in [-0.1, -0.05) is 41.4 Å². The van der Waals surface area contributed by atoms with Crippen molar-refractivity contribution in [3.63, 3.8) is 0 Å². The summed E-state index contributed by atoms with van der Waals surface area (Å²) in [6, 6.07) is 12.7. The van der Waals surface area contributed by atoms with Crippen LogP contribution in [0.25, 0.3) is 0 Å². The summed E-state index contributed by atoms with van der Waals surface area (Å²) in [6.07, 6.45) is 0. The fourth-order valence-electron chi connectivity index (χ4n) is 3.06. The normalized spacial score (nSPS) is 26.1. The Morgan fingerprint density at radius 2 is 1.67 bits per heavy atom. The van der Waals surface area contributed by atoms with E-state index in [0.29, 0.717) is 10.6 Å². The maximum Gasteiger partial charge on any atom is 0.325 e. The van der Waals surface area contributed by atoms with Gasteiger partial charge >= 0.3 is 5.97 Å². The van der Waals surface area contributed by atoms with Crippen LogP contribution in [0, 0.1) is 6.92 Å². The van der Waals surface area contributed by atoms with E-state index in [0.717, 1.165) is 5.56 Å². The van der Waals surface area contributed by atoms with Crippen LogP contribution in [0.2, 0.25) is 5.02 Å². The molecule has 0 heterocycles. The van der Waals surface area contributed by atoms with Gasteiger partial charge in [0.05, 0.1) is 4.90 Å². The fourth-order valence-corrected chi connectivity index (χ4v) is 5.42. The molecule has 1 saturated carbocycles. The van der Waals surface area contributed by atoms with Crippen molar-refractivity contribution in [1.29, 1.82) is 0 Å². The highest BCUT2D eigenvalue weighted by molar-refractivity contribution is 7.92. The molecule has 126 valence electrons. The third-order valence-electron chi connectivity index (χ3n) is 4.46. The van der Waals surface area contributed by atoms with Crippen LogP contribution in [0.15, 0.2) is 53.4 Å². The summed E-state index contributed by atoms with van der Waals surface area (Å²) < 4.78 is 25.8. The highest BCUT2D eigenvalue weighted by Gasteiger charge is 2.74. The molecule has 5 nitrogen and oxygen atoms in total. The Balaban J connectivity index is 2.06. The minimum atomic E-state index is -3.91. The number of carboxylic acids is 1. The molecule has 0 spiro atoms. The lowest BCUT2D eigenvalue weighted by Gasteiger charge is -2.07. The van der Waals surface area contributed by atoms with Gasteiger partial charge in [-0.25, -0.2) is 8.42 Å². The van der Waals surface area contributed by atoms with Crippen molar-refractivity contribution in [2.45, 2.75) is 28.5 Å². The molecule has 3 rings (SSSR count). The molecule has 0 amide bonds. The molecule has 0 aliphatic heterocycles. The van der Waals surface area contributed by atoms with Crippen molar-refractivity contribution < 1.29 is 18.3 Å². The molecule has 2 aromatic carbocycles. The van der Waals surface area contributed by atoms with Gasteiger partial charge in [-0.05, 0) is 36.8 Å². The van der Waals surface area contributed by atoms with Gasteiger partial charge < -0.3 is 10.8 Å². The second kappa shape index (κ2) is 5.58. The number of sulfone groups is 1. The summed E-state index contributed by atoms with van der Waals surface area (Å²) in [4.78, 5) is 11.7. The second-order valence-corrected chi connectivity index (χ2v) is 8.55. The molecule has 0 radical (unpaired) electrons. The lowest BCUT2D eigenvalue weighted by atomic mass is 10.1. The van der Waals surface area contributed by atoms with Gasteiger partial charge in [0.25, 0.3) is 0 Å². The van der Waals surface area contributed by atoms with E-state index < -0.39 is 32.5 Å². The predicted molar refractivity (Wildman–Crippen MR) is 90.9 cm³/mol. The highest BCUT2D eigenvalue weighted by atomic mass is 35.5. The SMILES string of the molecule is Cc1ccc([C@@H]2[C@H](S(=O)(=O)c3ccc(Cl)cc3)[C@@]2(N)C(=O)O)cc1. The minimum Gasteiger partial charge on any atom is -0.480 e. The minimum absolute atomic E-state index is 0.0163. The summed E-state index contributed by atoms with van der Waals surface area (Å²) >= 11 is 5.79. The molecule has 0 unspecified atom stereocenters. The third-order valence-corrected chi connectivity index (χ3v) is 6.97. The van der Waals surface area contributed by atoms with Gasteiger partial charge in [0.15, 0.2) is 9.84 Å². The Morgan fingerprint density at radius 3 is 2.17 bits per heavy atom. The van der Waals surface area contributed by atoms with Crippen molar-refractivity contribution in [1.82, 2.24) is 0 Å². The van der Waals surface area contributed by atoms with Crippen molar-refractivity contribution in [2.24, 2.45) is 5.73 Å². The number of hydrogen-bond donors (Lipinski definition) is 2. The van der Waals surface area contributed by atoms with Crippen LogP contribution in [0.1, 0.15) is 17.0 Å². The zero-order valence-electron chi connectivity index (χ0n) is 12.8. The molecule has 1 aliphatic rings. The highest BCUT2D eigenvalue weighted by Crippen LogP contribution is 2.55. The second-order valence-electron chi connectivity index (χ2n) is 6.05. The van der Waals surface area contributed by atoms with E-state index >= 15 is 0 Å². The maximum atomic E-state index is 12.9. The number of nitrogens with two attached hydrogens (primary N) is 1. The zero-order chi connectivity index (χ0) is 17.7. The third kappa shape index (κ3) is 2.51. The van der Waals surface area contributed by atoms with Crippen LogP contribution in [0.3, 0.4) is 0 Å². The van der Waals surface area contributed by atoms with Crippen molar-refractivity contribution in [2.75, 3.05) is 0 Å². The quantitative estimate of drug-likeness (QED) is 0.866. The molecule has 24 heavy (non-hydrogen) atoms. The number of carbonyl (C=O) groups is 1. The number of hydrogen-bond acceptors (Lipinski definition) is 4. The fraction of sp³-hybridized carbons (Fsp3) is 0.235. The first-order valence-electron chi connectivity index (χ1n) is 7.27. The van der Waals surface area contributed by atoms with E-state index in [2.05, 4.69) is 0 Å². The average Bonchev–Trinajstić information content (AvgIpc) is 3.17. The molecule has 0 saturated heterocycles. The standard InChI is InChI=1S/C17H16ClNO4S/c1-10-2-4-11(5-3-10)14-15(17(14,19)16(20)21)24(22,23)13-8-6-12(18)7-9-13/h2-9,14-15H,19H2,1H3,(H,20,21)/t14-,15+,17-/m1/s1. The van der Waals surface area contributed by atoms with E-state index in [1.165, 1.54) is 24.3 Å². The number of halogens is 1. The maximum absolute atomic E-state index is 12.9. The summed E-state index contributed by atoms with van der Waals surface area (Å²) in [5, 5.41) is 8.70. The first-order chi connectivity index (χ1) is 11.2. The van der Waals surface area contributed by atoms with Crippen molar-refractivity contribution in [3.05, 3.63) is 64.7 Å². The molecule has 1 aliphatic carbocycles. The van der Waals surface area contributed by atoms with Crippen LogP contribution >= 0.6 is 11.6 Å². The number of aliphatic carboxylic acids is 1. The molecule has 0 bridgehead atoms. The van der Waals surface area contributed by atoms with Gasteiger partial charge in [0, 0.05) is 10.9 Å². The van der Waals surface area contributed by atoms with E-state index in [1.807, 2.05) is 19.1 Å². The first kappa shape index (κ1) is 17.0. The Hall–Kier alpha value is -1.89. The molecular weight excluding hydrogens is 350 g/mol. The molecule has 2 aromatic rings. The summed E-state index contributed by atoms with van der Waals surface area (Å²) in [7, 11) is -3.91. The zero-order valence-corrected chi connectivity index (χ0v) is 14.4. The van der Waals surface area contributed by atoms with Gasteiger partial charge in [0.2, 0.25) is 0 Å². The average molecular weight is 366 g/mol. The Bertz CT molecular complexity index is 893. The first-order valence-corrected chi connectivity index (χ1v) is 9.19. The van der Waals surface area contributed by atoms with Gasteiger partial charge in [-0.3, -0.25) is 4.79 Å². The number of aryl methyl sites for hydroxylation is 1. The Kier molecular flexibility index (Phi) is 3.94. The Labute approximate surface area is 145 Å². The smallest absolute Gasteiger partial charge is 0.325 e. The lowest BCUT2D eigenvalue weighted by molar-refractivity contribution is -0.139. The molecule has 0 aromatic heterocycles. The molecular formula is C17H16ClNO4S. The molecule has 7 heteroatoms. The van der Waals surface area contributed by atoms with Crippen LogP contribution in [0.4, 0.5) is 0 Å². The van der Waals surface area contributed by atoms with E-state index in [4.69, 9.17) is 17.3 Å². The number of rotatable bonds is 4.